The van der Waals surface area contributed by atoms with E-state index >= 15 is 0 Å². The Bertz CT molecular complexity index is 915. The molecule has 0 aromatic rings. The minimum absolute atomic E-state index is 0.0340. The van der Waals surface area contributed by atoms with Gasteiger partial charge in [-0.25, -0.2) is 0 Å². The fourth-order valence-corrected chi connectivity index (χ4v) is 9.61. The molecule has 0 N–H and O–H groups in total. The van der Waals surface area contributed by atoms with Crippen LogP contribution < -0.4 is 0 Å². The zero-order valence-corrected chi connectivity index (χ0v) is 21.6. The van der Waals surface area contributed by atoms with E-state index in [1.54, 1.807) is 0 Å². The summed E-state index contributed by atoms with van der Waals surface area (Å²) in [5.41, 5.74) is 1.10. The fraction of sp³-hybridized carbons (Fsp3) is 0.862. The molecule has 2 heterocycles. The summed E-state index contributed by atoms with van der Waals surface area (Å²) in [6.45, 7) is 11.5. The molecule has 2 aliphatic heterocycles. The van der Waals surface area contributed by atoms with Crippen molar-refractivity contribution in [1.29, 1.82) is 0 Å². The third-order valence-corrected chi connectivity index (χ3v) is 11.5. The lowest BCUT2D eigenvalue weighted by atomic mass is 9.48. The largest absolute Gasteiger partial charge is 0.463 e. The molecule has 5 heteroatoms. The van der Waals surface area contributed by atoms with Crippen LogP contribution in [0.3, 0.4) is 0 Å². The van der Waals surface area contributed by atoms with Crippen LogP contribution in [0.2, 0.25) is 0 Å². The highest BCUT2D eigenvalue weighted by Crippen LogP contribution is 2.69. The molecule has 0 aromatic carbocycles. The molecular weight excluding hydrogens is 428 g/mol. The van der Waals surface area contributed by atoms with Gasteiger partial charge in [-0.1, -0.05) is 33.3 Å². The van der Waals surface area contributed by atoms with Crippen LogP contribution in [0.5, 0.6) is 0 Å². The number of carbonyl (C=O) groups is 2. The Kier molecular flexibility index (Phi) is 5.22. The molecule has 0 amide bonds. The fourth-order valence-electron chi connectivity index (χ4n) is 9.61. The number of rotatable bonds is 1. The van der Waals surface area contributed by atoms with Crippen LogP contribution in [0, 0.1) is 46.3 Å². The van der Waals surface area contributed by atoms with Crippen LogP contribution in [-0.4, -0.2) is 36.4 Å². The Balaban J connectivity index is 1.29. The lowest BCUT2D eigenvalue weighted by Gasteiger charge is -2.56. The van der Waals surface area contributed by atoms with Gasteiger partial charge in [-0.05, 0) is 80.1 Å². The zero-order valence-electron chi connectivity index (χ0n) is 21.6. The summed E-state index contributed by atoms with van der Waals surface area (Å²) >= 11 is 0. The number of allylic oxidation sites excluding steroid dienone is 2. The van der Waals surface area contributed by atoms with Gasteiger partial charge in [0.1, 0.15) is 6.10 Å². The monoisotopic (exact) mass is 470 g/mol. The molecule has 5 nitrogen and oxygen atoms in total. The average molecular weight is 471 g/mol. The van der Waals surface area contributed by atoms with Crippen LogP contribution in [0.15, 0.2) is 11.6 Å². The van der Waals surface area contributed by atoms with Gasteiger partial charge < -0.3 is 14.2 Å². The molecule has 0 aromatic heterocycles. The van der Waals surface area contributed by atoms with Gasteiger partial charge in [-0.15, -0.1) is 0 Å². The number of hydrogen-bond donors (Lipinski definition) is 0. The number of hydrogen-bond acceptors (Lipinski definition) is 5. The third-order valence-electron chi connectivity index (χ3n) is 11.5. The van der Waals surface area contributed by atoms with E-state index < -0.39 is 5.79 Å². The van der Waals surface area contributed by atoms with Gasteiger partial charge in [0.15, 0.2) is 11.6 Å². The highest BCUT2D eigenvalue weighted by Gasteiger charge is 2.70. The van der Waals surface area contributed by atoms with E-state index in [-0.39, 0.29) is 40.8 Å². The number of ether oxygens (including phenoxy) is 3. The first-order valence-electron chi connectivity index (χ1n) is 13.8. The smallest absolute Gasteiger partial charge is 0.302 e. The molecule has 6 rings (SSSR count). The normalized spacial score (nSPS) is 54.0. The number of ketones is 1. The van der Waals surface area contributed by atoms with E-state index in [0.717, 1.165) is 58.0 Å². The highest BCUT2D eigenvalue weighted by molar-refractivity contribution is 5.97. The third kappa shape index (κ3) is 3.04. The molecule has 5 fully saturated rings. The van der Waals surface area contributed by atoms with Crippen molar-refractivity contribution in [2.24, 2.45) is 46.3 Å². The van der Waals surface area contributed by atoms with Crippen LogP contribution in [0.25, 0.3) is 0 Å². The van der Waals surface area contributed by atoms with Crippen molar-refractivity contribution in [3.63, 3.8) is 0 Å². The predicted octanol–water partition coefficient (Wildman–Crippen LogP) is 5.46. The van der Waals surface area contributed by atoms with Crippen molar-refractivity contribution in [1.82, 2.24) is 0 Å². The van der Waals surface area contributed by atoms with E-state index in [4.69, 9.17) is 14.2 Å². The molecule has 11 atom stereocenters. The Morgan fingerprint density at radius 1 is 1.09 bits per heavy atom. The second-order valence-electron chi connectivity index (χ2n) is 13.1. The van der Waals surface area contributed by atoms with E-state index in [1.807, 2.05) is 0 Å². The van der Waals surface area contributed by atoms with Crippen molar-refractivity contribution < 1.29 is 23.8 Å². The first-order valence-corrected chi connectivity index (χ1v) is 13.8. The molecule has 0 bridgehead atoms. The first kappa shape index (κ1) is 23.2. The molecule has 188 valence electrons. The molecule has 3 saturated carbocycles. The van der Waals surface area contributed by atoms with Gasteiger partial charge >= 0.3 is 5.97 Å². The van der Waals surface area contributed by atoms with Gasteiger partial charge in [0.05, 0.1) is 12.7 Å². The lowest BCUT2D eigenvalue weighted by Crippen LogP contribution is -2.53. The maximum Gasteiger partial charge on any atom is 0.302 e. The maximum absolute atomic E-state index is 14.0. The van der Waals surface area contributed by atoms with Crippen LogP contribution in [0.1, 0.15) is 86.0 Å². The molecule has 1 spiro atoms. The molecule has 4 aliphatic carbocycles. The van der Waals surface area contributed by atoms with Gasteiger partial charge in [0, 0.05) is 30.6 Å². The minimum Gasteiger partial charge on any atom is -0.463 e. The Hall–Kier alpha value is -1.20. The topological polar surface area (TPSA) is 61.8 Å². The average Bonchev–Trinajstić information content (AvgIpc) is 3.23. The number of fused-ring (bicyclic) bond motifs is 7. The SMILES string of the molecule is CC(=O)O[C@H]1CC[C@]2(C)C3=CC(=O)[C@@]4(C)C(C[C@@H]5O[C@]6(CC[C@@H](C)CO6)[C@@H](C)C54)[C@@H]3CC[C@H]2C1. The molecule has 6 aliphatic rings. The van der Waals surface area contributed by atoms with Gasteiger partial charge in [-0.3, -0.25) is 9.59 Å². The van der Waals surface area contributed by atoms with Crippen molar-refractivity contribution in [2.75, 3.05) is 6.61 Å². The van der Waals surface area contributed by atoms with Crippen LogP contribution in [-0.2, 0) is 23.8 Å². The molecule has 2 unspecified atom stereocenters. The minimum atomic E-state index is -0.487. The second kappa shape index (κ2) is 7.65. The summed E-state index contributed by atoms with van der Waals surface area (Å²) in [5, 5.41) is 0. The summed E-state index contributed by atoms with van der Waals surface area (Å²) in [4.78, 5) is 25.6. The first-order chi connectivity index (χ1) is 16.1. The zero-order chi connectivity index (χ0) is 24.0. The lowest BCUT2D eigenvalue weighted by molar-refractivity contribution is -0.271. The van der Waals surface area contributed by atoms with Crippen molar-refractivity contribution in [3.05, 3.63) is 11.6 Å². The summed E-state index contributed by atoms with van der Waals surface area (Å²) in [6.07, 6.45) is 10.4. The molecule has 34 heavy (non-hydrogen) atoms. The highest BCUT2D eigenvalue weighted by atomic mass is 16.7. The van der Waals surface area contributed by atoms with E-state index in [0.29, 0.717) is 29.5 Å². The summed E-state index contributed by atoms with van der Waals surface area (Å²) < 4.78 is 18.8. The second-order valence-corrected chi connectivity index (χ2v) is 13.1. The Labute approximate surface area is 204 Å². The van der Waals surface area contributed by atoms with Gasteiger partial charge in [0.2, 0.25) is 0 Å². The number of carbonyl (C=O) groups excluding carboxylic acids is 2. The summed E-state index contributed by atoms with van der Waals surface area (Å²) in [6, 6.07) is 0. The van der Waals surface area contributed by atoms with Crippen molar-refractivity contribution in [2.45, 2.75) is 104 Å². The van der Waals surface area contributed by atoms with E-state index in [1.165, 1.54) is 12.5 Å². The van der Waals surface area contributed by atoms with Crippen molar-refractivity contribution >= 4 is 11.8 Å². The van der Waals surface area contributed by atoms with Crippen LogP contribution >= 0.6 is 0 Å². The van der Waals surface area contributed by atoms with Crippen LogP contribution in [0.4, 0.5) is 0 Å². The van der Waals surface area contributed by atoms with Crippen molar-refractivity contribution in [3.8, 4) is 0 Å². The van der Waals surface area contributed by atoms with E-state index in [2.05, 4.69) is 33.8 Å². The van der Waals surface area contributed by atoms with Gasteiger partial charge in [-0.2, -0.15) is 0 Å². The van der Waals surface area contributed by atoms with E-state index in [9.17, 15) is 9.59 Å². The van der Waals surface area contributed by atoms with Gasteiger partial charge in [0.25, 0.3) is 0 Å². The number of esters is 1. The molecule has 2 saturated heterocycles. The Morgan fingerprint density at radius 3 is 2.59 bits per heavy atom. The summed E-state index contributed by atoms with van der Waals surface area (Å²) in [5.74, 6) is 2.05. The molecule has 0 radical (unpaired) electrons. The predicted molar refractivity (Wildman–Crippen MR) is 128 cm³/mol. The summed E-state index contributed by atoms with van der Waals surface area (Å²) in [7, 11) is 0. The Morgan fingerprint density at radius 2 is 1.88 bits per heavy atom. The quantitative estimate of drug-likeness (QED) is 0.476. The maximum atomic E-state index is 14.0. The standard InChI is InChI=1S/C29H42O5/c1-16-8-11-29(32-15-16)17(2)26-24(34-29)13-23-21-7-6-19-12-20(33-18(3)30)9-10-27(19,4)22(21)14-25(31)28(23,26)5/h14,16-17,19-21,23-24,26H,6-13,15H2,1-5H3/t16-,17+,19+,20+,21-,23?,24+,26?,27+,28-,29-/m1/s1. The molecular formula is C29H42O5.